The Morgan fingerprint density at radius 3 is 2.46 bits per heavy atom. The van der Waals surface area contributed by atoms with Crippen molar-refractivity contribution < 1.29 is 14.3 Å². The summed E-state index contributed by atoms with van der Waals surface area (Å²) in [7, 11) is 1.68. The number of ether oxygens (including phenoxy) is 1. The molecule has 6 heterocycles. The molecule has 10 nitrogen and oxygen atoms in total. The fourth-order valence-electron chi connectivity index (χ4n) is 9.78. The molecule has 4 aromatic heterocycles. The van der Waals surface area contributed by atoms with Crippen molar-refractivity contribution in [1.29, 1.82) is 0 Å². The molecule has 2 aliphatic heterocycles. The lowest BCUT2D eigenvalue weighted by atomic mass is 9.44. The maximum atomic E-state index is 14.0. The Balaban J connectivity index is 1.17. The minimum Gasteiger partial charge on any atom is -0.482 e. The van der Waals surface area contributed by atoms with E-state index in [2.05, 4.69) is 34.1 Å². The summed E-state index contributed by atoms with van der Waals surface area (Å²) in [6, 6.07) is 10.8. The molecular formula is C38H47N7O3. The number of hydrogen-bond acceptors (Lipinski definition) is 6. The first-order valence-corrected chi connectivity index (χ1v) is 17.9. The lowest BCUT2D eigenvalue weighted by Gasteiger charge is -2.62. The van der Waals surface area contributed by atoms with Crippen LogP contribution in [0.2, 0.25) is 0 Å². The summed E-state index contributed by atoms with van der Waals surface area (Å²) in [5.74, 6) is 1.68. The van der Waals surface area contributed by atoms with E-state index in [4.69, 9.17) is 26.2 Å². The molecule has 6 aliphatic rings. The summed E-state index contributed by atoms with van der Waals surface area (Å²) in [5, 5.41) is 1.09. The van der Waals surface area contributed by atoms with Crippen molar-refractivity contribution in [1.82, 2.24) is 23.8 Å². The van der Waals surface area contributed by atoms with E-state index in [0.29, 0.717) is 29.2 Å². The topological polar surface area (TPSA) is 134 Å². The molecule has 4 bridgehead atoms. The second-order valence-corrected chi connectivity index (χ2v) is 16.6. The molecule has 4 atom stereocenters. The highest BCUT2D eigenvalue weighted by Gasteiger charge is 2.56. The van der Waals surface area contributed by atoms with Crippen molar-refractivity contribution in [2.24, 2.45) is 28.2 Å². The molecule has 4 aromatic rings. The van der Waals surface area contributed by atoms with E-state index in [-0.39, 0.29) is 35.9 Å². The van der Waals surface area contributed by atoms with Crippen molar-refractivity contribution in [2.45, 2.75) is 115 Å². The van der Waals surface area contributed by atoms with Crippen molar-refractivity contribution >= 4 is 28.5 Å². The standard InChI is InChI=1S/C38H47N7O3/c1-20(15-37(2,3)36(40)47)27-9-7-23-11-29(43(34(23)41-27)19-38-16-21(17-38)18-38)32-33(22-5-6-22)45-30(42-32)12-24(13-31(45)48-4)35(46)44-25-8-10-28(44)26(39)14-25/h7,9,11-13,20-22,25-26,28H,5-6,8,10,14-19,39H2,1-4H3,(H2,40,47)/t20-,21?,25+,26-,28-,38?/m1/s1. The average molecular weight is 650 g/mol. The van der Waals surface area contributed by atoms with Gasteiger partial charge in [0.15, 0.2) is 5.88 Å². The first-order valence-electron chi connectivity index (χ1n) is 17.9. The number of imidazole rings is 1. The minimum absolute atomic E-state index is 0.0249. The van der Waals surface area contributed by atoms with Gasteiger partial charge in [0.1, 0.15) is 17.0 Å². The van der Waals surface area contributed by atoms with E-state index in [0.717, 1.165) is 84.0 Å². The van der Waals surface area contributed by atoms with Gasteiger partial charge in [-0.1, -0.05) is 20.8 Å². The van der Waals surface area contributed by atoms with Gasteiger partial charge in [-0.2, -0.15) is 0 Å². The molecule has 2 amide bonds. The van der Waals surface area contributed by atoms with E-state index in [1.54, 1.807) is 7.11 Å². The summed E-state index contributed by atoms with van der Waals surface area (Å²) in [4.78, 5) is 38.8. The Morgan fingerprint density at radius 1 is 1.08 bits per heavy atom. The molecule has 0 spiro atoms. The van der Waals surface area contributed by atoms with Crippen molar-refractivity contribution in [3.63, 3.8) is 0 Å². The molecule has 4 N–H and O–H groups in total. The number of carbonyl (C=O) groups is 2. The molecular weight excluding hydrogens is 602 g/mol. The number of pyridine rings is 2. The number of nitrogens with zero attached hydrogens (tertiary/aromatic N) is 5. The maximum Gasteiger partial charge on any atom is 0.254 e. The number of fused-ring (bicyclic) bond motifs is 4. The largest absolute Gasteiger partial charge is 0.482 e. The number of nitrogens with two attached hydrogens (primary N) is 2. The van der Waals surface area contributed by atoms with Crippen molar-refractivity contribution in [3.05, 3.63) is 47.3 Å². The monoisotopic (exact) mass is 649 g/mol. The van der Waals surface area contributed by atoms with E-state index in [1.165, 1.54) is 19.3 Å². The van der Waals surface area contributed by atoms with Gasteiger partial charge in [-0.25, -0.2) is 9.97 Å². The zero-order chi connectivity index (χ0) is 33.3. The van der Waals surface area contributed by atoms with Crippen LogP contribution in [0, 0.1) is 16.7 Å². The van der Waals surface area contributed by atoms with Crippen LogP contribution in [0.1, 0.15) is 112 Å². The Kier molecular flexibility index (Phi) is 6.47. The number of carbonyl (C=O) groups excluding carboxylic acids is 2. The number of aromatic nitrogens is 4. The van der Waals surface area contributed by atoms with E-state index < -0.39 is 5.41 Å². The Hall–Kier alpha value is -3.92. The number of amides is 2. The smallest absolute Gasteiger partial charge is 0.254 e. The van der Waals surface area contributed by atoms with Gasteiger partial charge in [0, 0.05) is 58.7 Å². The average Bonchev–Trinajstić information content (AvgIpc) is 3.35. The molecule has 4 aliphatic carbocycles. The molecule has 4 saturated carbocycles. The zero-order valence-electron chi connectivity index (χ0n) is 28.5. The second-order valence-electron chi connectivity index (χ2n) is 16.6. The van der Waals surface area contributed by atoms with Gasteiger partial charge in [0.2, 0.25) is 5.91 Å². The van der Waals surface area contributed by atoms with E-state index in [9.17, 15) is 9.59 Å². The molecule has 2 saturated heterocycles. The maximum absolute atomic E-state index is 14.0. The second kappa shape index (κ2) is 10.3. The normalized spacial score (nSPS) is 28.1. The Labute approximate surface area is 281 Å². The highest BCUT2D eigenvalue weighted by molar-refractivity contribution is 5.97. The molecule has 6 fully saturated rings. The van der Waals surface area contributed by atoms with E-state index >= 15 is 0 Å². The first-order chi connectivity index (χ1) is 22.9. The van der Waals surface area contributed by atoms with Gasteiger partial charge >= 0.3 is 0 Å². The summed E-state index contributed by atoms with van der Waals surface area (Å²) >= 11 is 0. The highest BCUT2D eigenvalue weighted by atomic mass is 16.5. The third kappa shape index (κ3) is 4.47. The predicted molar refractivity (Wildman–Crippen MR) is 184 cm³/mol. The quantitative estimate of drug-likeness (QED) is 0.225. The summed E-state index contributed by atoms with van der Waals surface area (Å²) in [5.41, 5.74) is 18.3. The first kappa shape index (κ1) is 30.2. The van der Waals surface area contributed by atoms with Gasteiger partial charge < -0.3 is 25.7 Å². The molecule has 252 valence electrons. The van der Waals surface area contributed by atoms with Gasteiger partial charge in [-0.05, 0) is 99.3 Å². The van der Waals surface area contributed by atoms with Crippen LogP contribution in [0.4, 0.5) is 0 Å². The summed E-state index contributed by atoms with van der Waals surface area (Å²) in [6.07, 6.45) is 9.52. The number of primary amides is 1. The third-order valence-corrected chi connectivity index (χ3v) is 12.6. The highest BCUT2D eigenvalue weighted by Crippen LogP contribution is 2.65. The molecule has 0 unspecified atom stereocenters. The van der Waals surface area contributed by atoms with Crippen LogP contribution in [0.3, 0.4) is 0 Å². The van der Waals surface area contributed by atoms with Crippen LogP contribution in [0.5, 0.6) is 5.88 Å². The number of methoxy groups -OCH3 is 1. The molecule has 48 heavy (non-hydrogen) atoms. The molecule has 0 aromatic carbocycles. The zero-order valence-corrected chi connectivity index (χ0v) is 28.5. The van der Waals surface area contributed by atoms with Crippen molar-refractivity contribution in [2.75, 3.05) is 7.11 Å². The van der Waals surface area contributed by atoms with Gasteiger partial charge in [0.25, 0.3) is 5.91 Å². The van der Waals surface area contributed by atoms with Gasteiger partial charge in [0.05, 0.1) is 18.5 Å². The van der Waals surface area contributed by atoms with Gasteiger partial charge in [-0.15, -0.1) is 0 Å². The van der Waals surface area contributed by atoms with Crippen LogP contribution < -0.4 is 16.2 Å². The Morgan fingerprint density at radius 2 is 1.85 bits per heavy atom. The minimum atomic E-state index is -0.621. The third-order valence-electron chi connectivity index (χ3n) is 12.6. The van der Waals surface area contributed by atoms with Crippen LogP contribution in [-0.4, -0.2) is 60.9 Å². The molecule has 0 radical (unpaired) electrons. The molecule has 10 rings (SSSR count). The lowest BCUT2D eigenvalue weighted by molar-refractivity contribution is -0.126. The molecule has 10 heteroatoms. The van der Waals surface area contributed by atoms with Crippen LogP contribution in [0.15, 0.2) is 30.3 Å². The van der Waals surface area contributed by atoms with Crippen LogP contribution >= 0.6 is 0 Å². The summed E-state index contributed by atoms with van der Waals surface area (Å²) < 4.78 is 10.6. The van der Waals surface area contributed by atoms with Crippen molar-refractivity contribution in [3.8, 4) is 17.3 Å². The van der Waals surface area contributed by atoms with Crippen LogP contribution in [0.25, 0.3) is 28.1 Å². The number of hydrogen-bond donors (Lipinski definition) is 2. The predicted octanol–water partition coefficient (Wildman–Crippen LogP) is 5.75. The van der Waals surface area contributed by atoms with E-state index in [1.807, 2.05) is 30.9 Å². The van der Waals surface area contributed by atoms with Crippen LogP contribution in [-0.2, 0) is 11.3 Å². The SMILES string of the molecule is COc1cc(C(=O)N2[C@H]3CC[C@@H]2[C@H](N)C3)cc2nc(-c3cc4ccc([C@H](C)CC(C)(C)C(N)=O)nc4n3CC34CC(C3)C4)c(C3CC3)n12. The Bertz CT molecular complexity index is 1990. The fourth-order valence-corrected chi connectivity index (χ4v) is 9.78. The number of rotatable bonds is 10. The lowest BCUT2D eigenvalue weighted by Crippen LogP contribution is -2.54. The van der Waals surface area contributed by atoms with Gasteiger partial charge in [-0.3, -0.25) is 14.0 Å². The summed E-state index contributed by atoms with van der Waals surface area (Å²) in [6.45, 7) is 6.87. The fraction of sp³-hybridized carbons (Fsp3) is 0.579.